The van der Waals surface area contributed by atoms with Crippen LogP contribution in [-0.4, -0.2) is 52.9 Å². The van der Waals surface area contributed by atoms with Crippen LogP contribution in [0.3, 0.4) is 0 Å². The zero-order valence-corrected chi connectivity index (χ0v) is 18.0. The van der Waals surface area contributed by atoms with Crippen LogP contribution in [0.5, 0.6) is 0 Å². The van der Waals surface area contributed by atoms with Crippen molar-refractivity contribution in [3.05, 3.63) is 81.3 Å². The molecule has 0 spiro atoms. The van der Waals surface area contributed by atoms with Gasteiger partial charge in [0, 0.05) is 38.3 Å². The molecule has 0 atom stereocenters. The van der Waals surface area contributed by atoms with Gasteiger partial charge in [-0.05, 0) is 23.3 Å². The summed E-state index contributed by atoms with van der Waals surface area (Å²) in [5.74, 6) is -11.6. The van der Waals surface area contributed by atoms with Gasteiger partial charge < -0.3 is 19.6 Å². The lowest BCUT2D eigenvalue weighted by atomic mass is 10.0. The van der Waals surface area contributed by atoms with Gasteiger partial charge in [-0.2, -0.15) is 0 Å². The number of amides is 1. The topological polar surface area (TPSA) is 82.4 Å². The smallest absolute Gasteiger partial charge is 0.410 e. The molecule has 0 bridgehead atoms. The van der Waals surface area contributed by atoms with Gasteiger partial charge in [-0.25, -0.2) is 36.5 Å². The molecule has 7 nitrogen and oxygen atoms in total. The van der Waals surface area contributed by atoms with E-state index in [-0.39, 0.29) is 18.7 Å². The third-order valence-electron chi connectivity index (χ3n) is 5.66. The highest BCUT2D eigenvalue weighted by Crippen LogP contribution is 2.26. The van der Waals surface area contributed by atoms with E-state index in [0.717, 1.165) is 16.8 Å². The highest BCUT2D eigenvalue weighted by Gasteiger charge is 2.29. The third-order valence-corrected chi connectivity index (χ3v) is 5.66. The number of rotatable bonds is 5. The van der Waals surface area contributed by atoms with Gasteiger partial charge in [-0.15, -0.1) is 0 Å². The second-order valence-corrected chi connectivity index (χ2v) is 7.98. The second-order valence-electron chi connectivity index (χ2n) is 7.98. The molecule has 2 aliphatic heterocycles. The lowest BCUT2D eigenvalue weighted by molar-refractivity contribution is 0.0696. The van der Waals surface area contributed by atoms with Crippen LogP contribution in [0.1, 0.15) is 27.9 Å². The Hall–Kier alpha value is -3.96. The zero-order valence-electron chi connectivity index (χ0n) is 18.0. The Morgan fingerprint density at radius 2 is 1.57 bits per heavy atom. The number of carbonyl (C=O) groups is 2. The van der Waals surface area contributed by atoms with Crippen molar-refractivity contribution in [2.24, 2.45) is 4.99 Å². The molecule has 0 unspecified atom stereocenters. The lowest BCUT2D eigenvalue weighted by Gasteiger charge is -2.34. The standard InChI is InChI=1S/C23H18F5N3O4/c24-17-15(18(25)20(27)21(28)19(17)26)10-35-23(34)31-6-5-16-14(9-31)8-30(11-29-16)7-12-1-3-13(4-2-12)22(32)33/h1-4,11H,5-10H2,(H,32,33). The van der Waals surface area contributed by atoms with E-state index in [0.29, 0.717) is 19.5 Å². The molecule has 12 heteroatoms. The Balaban J connectivity index is 1.37. The van der Waals surface area contributed by atoms with Crippen molar-refractivity contribution in [1.29, 1.82) is 0 Å². The SMILES string of the molecule is O=C(O)c1ccc(CN2C=NC3=C(C2)CN(C(=O)OCc2c(F)c(F)c(F)c(F)c2F)CC3)cc1. The molecule has 1 N–H and O–H groups in total. The Morgan fingerprint density at radius 1 is 0.943 bits per heavy atom. The van der Waals surface area contributed by atoms with Crippen molar-refractivity contribution in [1.82, 2.24) is 9.80 Å². The van der Waals surface area contributed by atoms with Gasteiger partial charge in [0.25, 0.3) is 0 Å². The van der Waals surface area contributed by atoms with Crippen molar-refractivity contribution in [2.75, 3.05) is 19.6 Å². The molecular weight excluding hydrogens is 477 g/mol. The third kappa shape index (κ3) is 4.96. The van der Waals surface area contributed by atoms with E-state index in [1.54, 1.807) is 18.5 Å². The average Bonchev–Trinajstić information content (AvgIpc) is 2.86. The normalized spacial score (nSPS) is 15.3. The van der Waals surface area contributed by atoms with Crippen LogP contribution >= 0.6 is 0 Å². The van der Waals surface area contributed by atoms with Crippen LogP contribution in [0.15, 0.2) is 40.5 Å². The Morgan fingerprint density at radius 3 is 2.20 bits per heavy atom. The van der Waals surface area contributed by atoms with Crippen molar-refractivity contribution in [2.45, 2.75) is 19.6 Å². The molecule has 4 rings (SSSR count). The summed E-state index contributed by atoms with van der Waals surface area (Å²) in [5.41, 5.74) is 1.37. The number of aliphatic imine (C=N–C) groups is 1. The number of hydrogen-bond acceptors (Lipinski definition) is 5. The highest BCUT2D eigenvalue weighted by molar-refractivity contribution is 5.87. The van der Waals surface area contributed by atoms with E-state index in [1.807, 2.05) is 4.90 Å². The maximum absolute atomic E-state index is 13.8. The van der Waals surface area contributed by atoms with E-state index in [4.69, 9.17) is 9.84 Å². The molecule has 0 saturated carbocycles. The minimum atomic E-state index is -2.29. The van der Waals surface area contributed by atoms with Gasteiger partial charge in [0.15, 0.2) is 23.3 Å². The predicted molar refractivity (Wildman–Crippen MR) is 112 cm³/mol. The van der Waals surface area contributed by atoms with Crippen molar-refractivity contribution in [3.63, 3.8) is 0 Å². The number of carboxylic acid groups (broad SMARTS) is 1. The Labute approximate surface area is 195 Å². The average molecular weight is 495 g/mol. The number of aromatic carboxylic acids is 1. The van der Waals surface area contributed by atoms with Crippen LogP contribution in [0.2, 0.25) is 0 Å². The van der Waals surface area contributed by atoms with Gasteiger partial charge in [0.05, 0.1) is 17.5 Å². The molecule has 2 aromatic rings. The fraction of sp³-hybridized carbons (Fsp3) is 0.261. The van der Waals surface area contributed by atoms with Gasteiger partial charge in [0.2, 0.25) is 5.82 Å². The van der Waals surface area contributed by atoms with Crippen molar-refractivity contribution >= 4 is 18.4 Å². The van der Waals surface area contributed by atoms with Gasteiger partial charge in [-0.3, -0.25) is 0 Å². The largest absolute Gasteiger partial charge is 0.478 e. The van der Waals surface area contributed by atoms with E-state index >= 15 is 0 Å². The minimum Gasteiger partial charge on any atom is -0.478 e. The number of nitrogens with zero attached hydrogens (tertiary/aromatic N) is 3. The van der Waals surface area contributed by atoms with Gasteiger partial charge in [-0.1, -0.05) is 12.1 Å². The van der Waals surface area contributed by atoms with E-state index in [1.165, 1.54) is 17.0 Å². The molecule has 184 valence electrons. The molecule has 2 heterocycles. The molecule has 2 aromatic carbocycles. The lowest BCUT2D eigenvalue weighted by Crippen LogP contribution is -2.41. The quantitative estimate of drug-likeness (QED) is 0.382. The summed E-state index contributed by atoms with van der Waals surface area (Å²) in [6, 6.07) is 6.36. The molecule has 2 aliphatic rings. The maximum atomic E-state index is 13.8. The maximum Gasteiger partial charge on any atom is 0.410 e. The molecule has 0 radical (unpaired) electrons. The van der Waals surface area contributed by atoms with Gasteiger partial charge in [0.1, 0.15) is 6.61 Å². The fourth-order valence-corrected chi connectivity index (χ4v) is 3.79. The van der Waals surface area contributed by atoms with E-state index < -0.39 is 53.3 Å². The zero-order chi connectivity index (χ0) is 25.3. The summed E-state index contributed by atoms with van der Waals surface area (Å²) >= 11 is 0. The summed E-state index contributed by atoms with van der Waals surface area (Å²) in [4.78, 5) is 30.9. The summed E-state index contributed by atoms with van der Waals surface area (Å²) in [5, 5.41) is 9.00. The van der Waals surface area contributed by atoms with Gasteiger partial charge >= 0.3 is 12.1 Å². The molecule has 0 saturated heterocycles. The molecule has 0 aromatic heterocycles. The number of benzene rings is 2. The number of ether oxygens (including phenoxy) is 1. The first-order chi connectivity index (χ1) is 16.7. The van der Waals surface area contributed by atoms with Crippen LogP contribution in [0, 0.1) is 29.1 Å². The summed E-state index contributed by atoms with van der Waals surface area (Å²) in [6.07, 6.45) is 1.08. The van der Waals surface area contributed by atoms with Crippen molar-refractivity contribution in [3.8, 4) is 0 Å². The Kier molecular flexibility index (Phi) is 6.72. The number of hydrogen-bond donors (Lipinski definition) is 1. The van der Waals surface area contributed by atoms with Crippen molar-refractivity contribution < 1.29 is 41.4 Å². The highest BCUT2D eigenvalue weighted by atomic mass is 19.2. The predicted octanol–water partition coefficient (Wildman–Crippen LogP) is 4.22. The summed E-state index contributed by atoms with van der Waals surface area (Å²) in [6.45, 7) is 0.0370. The van der Waals surface area contributed by atoms with Crippen LogP contribution in [-0.2, 0) is 17.9 Å². The van der Waals surface area contributed by atoms with E-state index in [2.05, 4.69) is 4.99 Å². The fourth-order valence-electron chi connectivity index (χ4n) is 3.79. The molecule has 1 amide bonds. The number of carboxylic acids is 1. The first kappa shape index (κ1) is 24.2. The van der Waals surface area contributed by atoms with Crippen LogP contribution < -0.4 is 0 Å². The van der Waals surface area contributed by atoms with Crippen LogP contribution in [0.25, 0.3) is 0 Å². The minimum absolute atomic E-state index is 0.108. The summed E-state index contributed by atoms with van der Waals surface area (Å²) in [7, 11) is 0. The first-order valence-corrected chi connectivity index (χ1v) is 10.4. The molecule has 35 heavy (non-hydrogen) atoms. The van der Waals surface area contributed by atoms with E-state index in [9.17, 15) is 31.5 Å². The number of halogens is 5. The van der Waals surface area contributed by atoms with Crippen LogP contribution in [0.4, 0.5) is 26.7 Å². The molecular formula is C23H18F5N3O4. The second kappa shape index (κ2) is 9.72. The molecule has 0 fully saturated rings. The summed E-state index contributed by atoms with van der Waals surface area (Å²) < 4.78 is 72.4. The Bertz CT molecular complexity index is 1220. The first-order valence-electron chi connectivity index (χ1n) is 10.4. The number of carbonyl (C=O) groups excluding carboxylic acids is 1. The molecule has 0 aliphatic carbocycles. The monoisotopic (exact) mass is 495 g/mol.